The molecule has 106 valence electrons. The Morgan fingerprint density at radius 3 is 2.63 bits per heavy atom. The van der Waals surface area contributed by atoms with E-state index in [1.54, 1.807) is 18.1 Å². The Morgan fingerprint density at radius 2 is 2.11 bits per heavy atom. The largest absolute Gasteiger partial charge is 0.481 e. The summed E-state index contributed by atoms with van der Waals surface area (Å²) in [4.78, 5) is 18.4. The number of nitrogens with zero attached hydrogens (tertiary/aromatic N) is 2. The minimum absolute atomic E-state index is 0.0946. The van der Waals surface area contributed by atoms with Gasteiger partial charge < -0.3 is 15.4 Å². The summed E-state index contributed by atoms with van der Waals surface area (Å²) < 4.78 is 5.08. The topological polar surface area (TPSA) is 68.5 Å². The molecule has 19 heavy (non-hydrogen) atoms. The van der Waals surface area contributed by atoms with Gasteiger partial charge in [-0.25, -0.2) is 4.98 Å². The molecule has 1 aromatic rings. The van der Waals surface area contributed by atoms with Crippen molar-refractivity contribution in [2.24, 2.45) is 11.7 Å². The average Bonchev–Trinajstić information content (AvgIpc) is 2.46. The predicted molar refractivity (Wildman–Crippen MR) is 75.0 cm³/mol. The first-order chi connectivity index (χ1) is 9.15. The maximum Gasteiger partial charge on any atom is 0.227 e. The molecule has 1 atom stereocenters. The van der Waals surface area contributed by atoms with Crippen LogP contribution in [0.3, 0.4) is 0 Å². The van der Waals surface area contributed by atoms with Gasteiger partial charge in [0.1, 0.15) is 0 Å². The van der Waals surface area contributed by atoms with Crippen LogP contribution in [0.25, 0.3) is 0 Å². The SMILES string of the molecule is CCN(CC)C(=O)C(CN)Cc1cccc(OC)n1. The van der Waals surface area contributed by atoms with Crippen LogP contribution in [0.2, 0.25) is 0 Å². The first-order valence-corrected chi connectivity index (χ1v) is 6.64. The van der Waals surface area contributed by atoms with E-state index >= 15 is 0 Å². The number of amides is 1. The summed E-state index contributed by atoms with van der Waals surface area (Å²) in [6.07, 6.45) is 0.545. The summed E-state index contributed by atoms with van der Waals surface area (Å²) in [6.45, 7) is 5.68. The van der Waals surface area contributed by atoms with Gasteiger partial charge in [0.25, 0.3) is 0 Å². The fraction of sp³-hybridized carbons (Fsp3) is 0.571. The smallest absolute Gasteiger partial charge is 0.227 e. The van der Waals surface area contributed by atoms with Gasteiger partial charge in [-0.2, -0.15) is 0 Å². The number of pyridine rings is 1. The number of hydrogen-bond acceptors (Lipinski definition) is 4. The van der Waals surface area contributed by atoms with Gasteiger partial charge in [-0.3, -0.25) is 4.79 Å². The Labute approximate surface area is 114 Å². The van der Waals surface area contributed by atoms with Crippen LogP contribution in [0.4, 0.5) is 0 Å². The molecule has 0 saturated carbocycles. The van der Waals surface area contributed by atoms with Crippen LogP contribution in [0.5, 0.6) is 5.88 Å². The summed E-state index contributed by atoms with van der Waals surface area (Å²) >= 11 is 0. The fourth-order valence-corrected chi connectivity index (χ4v) is 2.00. The third kappa shape index (κ3) is 4.21. The number of carbonyl (C=O) groups is 1. The Balaban J connectivity index is 2.78. The van der Waals surface area contributed by atoms with Gasteiger partial charge in [-0.05, 0) is 19.9 Å². The molecule has 1 heterocycles. The number of nitrogens with two attached hydrogens (primary N) is 1. The highest BCUT2D eigenvalue weighted by Gasteiger charge is 2.22. The van der Waals surface area contributed by atoms with E-state index in [0.717, 1.165) is 5.69 Å². The van der Waals surface area contributed by atoms with Crippen LogP contribution < -0.4 is 10.5 Å². The van der Waals surface area contributed by atoms with Crippen LogP contribution in [-0.4, -0.2) is 42.5 Å². The molecule has 0 radical (unpaired) electrons. The van der Waals surface area contributed by atoms with E-state index in [2.05, 4.69) is 4.98 Å². The summed E-state index contributed by atoms with van der Waals surface area (Å²) in [5, 5.41) is 0. The van der Waals surface area contributed by atoms with E-state index in [1.165, 1.54) is 0 Å². The molecule has 1 rings (SSSR count). The van der Waals surface area contributed by atoms with E-state index in [1.807, 2.05) is 26.0 Å². The number of rotatable bonds is 7. The first kappa shape index (κ1) is 15.4. The molecule has 0 aliphatic heterocycles. The Kier molecular flexibility index (Phi) is 6.29. The van der Waals surface area contributed by atoms with Gasteiger partial charge in [-0.1, -0.05) is 6.07 Å². The Bertz CT molecular complexity index is 405. The molecule has 0 aliphatic rings. The summed E-state index contributed by atoms with van der Waals surface area (Å²) in [5.74, 6) is 0.431. The molecule has 0 aromatic carbocycles. The van der Waals surface area contributed by atoms with Crippen molar-refractivity contribution in [2.75, 3.05) is 26.7 Å². The van der Waals surface area contributed by atoms with Crippen molar-refractivity contribution in [3.8, 4) is 5.88 Å². The normalized spacial score (nSPS) is 12.0. The Hall–Kier alpha value is -1.62. The molecular formula is C14H23N3O2. The molecule has 1 amide bonds. The second kappa shape index (κ2) is 7.74. The van der Waals surface area contributed by atoms with Crippen LogP contribution in [-0.2, 0) is 11.2 Å². The van der Waals surface area contributed by atoms with Crippen molar-refractivity contribution >= 4 is 5.91 Å². The zero-order valence-corrected chi connectivity index (χ0v) is 11.9. The molecule has 1 aromatic heterocycles. The van der Waals surface area contributed by atoms with Crippen molar-refractivity contribution in [3.05, 3.63) is 23.9 Å². The van der Waals surface area contributed by atoms with Gasteiger partial charge in [0.05, 0.1) is 13.0 Å². The van der Waals surface area contributed by atoms with Crippen molar-refractivity contribution in [1.82, 2.24) is 9.88 Å². The number of carbonyl (C=O) groups excluding carboxylic acids is 1. The lowest BCUT2D eigenvalue weighted by Crippen LogP contribution is -2.40. The molecular weight excluding hydrogens is 242 g/mol. The second-order valence-electron chi connectivity index (χ2n) is 4.32. The van der Waals surface area contributed by atoms with E-state index in [-0.39, 0.29) is 11.8 Å². The van der Waals surface area contributed by atoms with Crippen molar-refractivity contribution in [3.63, 3.8) is 0 Å². The van der Waals surface area contributed by atoms with Crippen molar-refractivity contribution in [2.45, 2.75) is 20.3 Å². The number of aromatic nitrogens is 1. The number of methoxy groups -OCH3 is 1. The molecule has 0 fully saturated rings. The molecule has 0 spiro atoms. The lowest BCUT2D eigenvalue weighted by atomic mass is 10.0. The standard InChI is InChI=1S/C14H23N3O2/c1-4-17(5-2)14(18)11(10-15)9-12-7-6-8-13(16-12)19-3/h6-8,11H,4-5,9-10,15H2,1-3H3. The zero-order valence-electron chi connectivity index (χ0n) is 11.9. The molecule has 2 N–H and O–H groups in total. The highest BCUT2D eigenvalue weighted by Crippen LogP contribution is 2.13. The van der Waals surface area contributed by atoms with Gasteiger partial charge in [-0.15, -0.1) is 0 Å². The lowest BCUT2D eigenvalue weighted by molar-refractivity contribution is -0.134. The maximum absolute atomic E-state index is 12.3. The van der Waals surface area contributed by atoms with E-state index < -0.39 is 0 Å². The highest BCUT2D eigenvalue weighted by atomic mass is 16.5. The fourth-order valence-electron chi connectivity index (χ4n) is 2.00. The molecule has 0 bridgehead atoms. The zero-order chi connectivity index (χ0) is 14.3. The molecule has 0 aliphatic carbocycles. The summed E-state index contributed by atoms with van der Waals surface area (Å²) in [6, 6.07) is 5.55. The molecule has 1 unspecified atom stereocenters. The van der Waals surface area contributed by atoms with Crippen LogP contribution >= 0.6 is 0 Å². The molecule has 0 saturated heterocycles. The quantitative estimate of drug-likeness (QED) is 0.801. The van der Waals surface area contributed by atoms with Crippen LogP contribution in [0.15, 0.2) is 18.2 Å². The van der Waals surface area contributed by atoms with Gasteiger partial charge in [0.15, 0.2) is 0 Å². The maximum atomic E-state index is 12.3. The first-order valence-electron chi connectivity index (χ1n) is 6.64. The predicted octanol–water partition coefficient (Wildman–Crippen LogP) is 1.08. The third-order valence-corrected chi connectivity index (χ3v) is 3.15. The van der Waals surface area contributed by atoms with E-state index in [9.17, 15) is 4.79 Å². The monoisotopic (exact) mass is 265 g/mol. The van der Waals surface area contributed by atoms with Gasteiger partial charge >= 0.3 is 0 Å². The summed E-state index contributed by atoms with van der Waals surface area (Å²) in [5.41, 5.74) is 6.56. The second-order valence-corrected chi connectivity index (χ2v) is 4.32. The molecule has 5 nitrogen and oxygen atoms in total. The van der Waals surface area contributed by atoms with Crippen molar-refractivity contribution < 1.29 is 9.53 Å². The summed E-state index contributed by atoms with van der Waals surface area (Å²) in [7, 11) is 1.58. The van der Waals surface area contributed by atoms with Crippen LogP contribution in [0.1, 0.15) is 19.5 Å². The minimum Gasteiger partial charge on any atom is -0.481 e. The minimum atomic E-state index is -0.223. The van der Waals surface area contributed by atoms with Gasteiger partial charge in [0.2, 0.25) is 11.8 Å². The Morgan fingerprint density at radius 1 is 1.42 bits per heavy atom. The molecule has 5 heteroatoms. The third-order valence-electron chi connectivity index (χ3n) is 3.15. The van der Waals surface area contributed by atoms with Gasteiger partial charge in [0, 0.05) is 37.8 Å². The number of ether oxygens (including phenoxy) is 1. The van der Waals surface area contributed by atoms with Crippen LogP contribution in [0, 0.1) is 5.92 Å². The lowest BCUT2D eigenvalue weighted by Gasteiger charge is -2.24. The van der Waals surface area contributed by atoms with Crippen molar-refractivity contribution in [1.29, 1.82) is 0 Å². The van der Waals surface area contributed by atoms with E-state index in [0.29, 0.717) is 31.9 Å². The number of hydrogen-bond donors (Lipinski definition) is 1. The van der Waals surface area contributed by atoms with E-state index in [4.69, 9.17) is 10.5 Å². The average molecular weight is 265 g/mol. The highest BCUT2D eigenvalue weighted by molar-refractivity contribution is 5.79.